The molecule has 2 N–H and O–H groups in total. The number of sulfonamides is 1. The van der Waals surface area contributed by atoms with Crippen LogP contribution in [0.25, 0.3) is 0 Å². The highest BCUT2D eigenvalue weighted by atomic mass is 32.2. The first-order valence-corrected chi connectivity index (χ1v) is 11.5. The maximum atomic E-state index is 13.0. The Morgan fingerprint density at radius 2 is 1.76 bits per heavy atom. The number of hydrogen-bond acceptors (Lipinski definition) is 7. The van der Waals surface area contributed by atoms with Crippen LogP contribution in [0.15, 0.2) is 76.2 Å². The minimum atomic E-state index is -3.95. The zero-order valence-corrected chi connectivity index (χ0v) is 19.3. The van der Waals surface area contributed by atoms with Gasteiger partial charge in [-0.2, -0.15) is 0 Å². The molecule has 3 amide bonds. The molecule has 0 saturated carbocycles. The molecular weight excluding hydrogens is 462 g/mol. The maximum absolute atomic E-state index is 13.0. The lowest BCUT2D eigenvalue weighted by atomic mass is 10.2. The van der Waals surface area contributed by atoms with E-state index in [1.807, 2.05) is 12.2 Å². The Hall–Kier alpha value is -4.12. The molecule has 0 saturated heterocycles. The van der Waals surface area contributed by atoms with Gasteiger partial charge in [-0.05, 0) is 49.4 Å². The number of carbonyl (C=O) groups is 3. The fourth-order valence-corrected chi connectivity index (χ4v) is 4.08. The molecule has 0 unspecified atom stereocenters. The van der Waals surface area contributed by atoms with Crippen molar-refractivity contribution in [1.29, 1.82) is 0 Å². The molecule has 2 aromatic carbocycles. The third kappa shape index (κ3) is 6.23. The highest BCUT2D eigenvalue weighted by molar-refractivity contribution is 7.92. The van der Waals surface area contributed by atoms with Gasteiger partial charge in [0, 0.05) is 7.05 Å². The first-order chi connectivity index (χ1) is 16.2. The summed E-state index contributed by atoms with van der Waals surface area (Å²) in [5.74, 6) is -1.27. The van der Waals surface area contributed by atoms with Crippen molar-refractivity contribution in [1.82, 2.24) is 10.6 Å². The van der Waals surface area contributed by atoms with Gasteiger partial charge in [-0.15, -0.1) is 0 Å². The first kappa shape index (κ1) is 24.5. The Morgan fingerprint density at radius 1 is 1.03 bits per heavy atom. The summed E-state index contributed by atoms with van der Waals surface area (Å²) in [6.45, 7) is 1.23. The van der Waals surface area contributed by atoms with Crippen molar-refractivity contribution in [3.8, 4) is 0 Å². The van der Waals surface area contributed by atoms with Gasteiger partial charge in [0.1, 0.15) is 5.76 Å². The summed E-state index contributed by atoms with van der Waals surface area (Å²) in [7, 11) is -2.54. The van der Waals surface area contributed by atoms with Gasteiger partial charge < -0.3 is 14.5 Å². The van der Waals surface area contributed by atoms with E-state index in [-0.39, 0.29) is 17.0 Å². The molecule has 1 heterocycles. The van der Waals surface area contributed by atoms with E-state index in [0.717, 1.165) is 15.9 Å². The maximum Gasteiger partial charge on any atom is 0.338 e. The zero-order chi connectivity index (χ0) is 24.7. The van der Waals surface area contributed by atoms with Crippen LogP contribution in [0.4, 0.5) is 10.5 Å². The minimum Gasteiger partial charge on any atom is -0.467 e. The average Bonchev–Trinajstić information content (AvgIpc) is 3.35. The number of urea groups is 1. The molecule has 1 aromatic heterocycles. The van der Waals surface area contributed by atoms with Crippen molar-refractivity contribution < 1.29 is 32.0 Å². The van der Waals surface area contributed by atoms with Crippen LogP contribution in [-0.4, -0.2) is 40.0 Å². The van der Waals surface area contributed by atoms with Crippen LogP contribution in [0.3, 0.4) is 0 Å². The standard InChI is InChI=1S/C23H23N3O7S/c1-16-8-10-18(11-9-16)26(2)34(30,31)20-7-3-5-17(13-20)22(28)33-15-21(27)25-23(29)24-14-19-6-4-12-32-19/h3-13H,14-15H2,1-2H3,(H2,24,25,27,29). The Morgan fingerprint density at radius 3 is 2.44 bits per heavy atom. The van der Waals surface area contributed by atoms with Gasteiger partial charge in [-0.25, -0.2) is 18.0 Å². The van der Waals surface area contributed by atoms with E-state index >= 15 is 0 Å². The largest absolute Gasteiger partial charge is 0.467 e. The van der Waals surface area contributed by atoms with E-state index in [1.165, 1.54) is 31.5 Å². The topological polar surface area (TPSA) is 135 Å². The van der Waals surface area contributed by atoms with Crippen molar-refractivity contribution >= 4 is 33.6 Å². The van der Waals surface area contributed by atoms with Gasteiger partial charge >= 0.3 is 12.0 Å². The predicted octanol–water partition coefficient (Wildman–Crippen LogP) is 2.60. The Labute approximate surface area is 196 Å². The van der Waals surface area contributed by atoms with E-state index in [2.05, 4.69) is 5.32 Å². The number of imide groups is 1. The molecule has 178 valence electrons. The summed E-state index contributed by atoms with van der Waals surface area (Å²) in [6.07, 6.45) is 1.44. The zero-order valence-electron chi connectivity index (χ0n) is 18.5. The third-order valence-corrected chi connectivity index (χ3v) is 6.50. The quantitative estimate of drug-likeness (QED) is 0.468. The normalized spacial score (nSPS) is 10.9. The molecule has 0 fully saturated rings. The Balaban J connectivity index is 1.58. The molecule has 3 aromatic rings. The van der Waals surface area contributed by atoms with Crippen molar-refractivity contribution in [2.24, 2.45) is 0 Å². The fourth-order valence-electron chi connectivity index (χ4n) is 2.84. The van der Waals surface area contributed by atoms with E-state index < -0.39 is 34.5 Å². The van der Waals surface area contributed by atoms with Crippen LogP contribution in [0.2, 0.25) is 0 Å². The molecule has 0 aliphatic carbocycles. The number of nitrogens with zero attached hydrogens (tertiary/aromatic N) is 1. The fraction of sp³-hybridized carbons (Fsp3) is 0.174. The van der Waals surface area contributed by atoms with Crippen LogP contribution in [0, 0.1) is 6.92 Å². The van der Waals surface area contributed by atoms with E-state index in [9.17, 15) is 22.8 Å². The van der Waals surface area contributed by atoms with Gasteiger partial charge in [0.2, 0.25) is 0 Å². The van der Waals surface area contributed by atoms with E-state index in [4.69, 9.17) is 9.15 Å². The molecule has 34 heavy (non-hydrogen) atoms. The molecule has 0 spiro atoms. The monoisotopic (exact) mass is 485 g/mol. The number of benzene rings is 2. The number of ether oxygens (including phenoxy) is 1. The number of carbonyl (C=O) groups excluding carboxylic acids is 3. The molecule has 0 aliphatic heterocycles. The highest BCUT2D eigenvalue weighted by Crippen LogP contribution is 2.23. The second-order valence-corrected chi connectivity index (χ2v) is 9.19. The van der Waals surface area contributed by atoms with Crippen LogP contribution >= 0.6 is 0 Å². The molecule has 11 heteroatoms. The van der Waals surface area contributed by atoms with Crippen molar-refractivity contribution in [3.63, 3.8) is 0 Å². The molecule has 10 nitrogen and oxygen atoms in total. The minimum absolute atomic E-state index is 0.0616. The number of amides is 3. The predicted molar refractivity (Wildman–Crippen MR) is 123 cm³/mol. The summed E-state index contributed by atoms with van der Waals surface area (Å²) >= 11 is 0. The smallest absolute Gasteiger partial charge is 0.338 e. The third-order valence-electron chi connectivity index (χ3n) is 4.72. The molecule has 0 bridgehead atoms. The molecule has 0 radical (unpaired) electrons. The number of nitrogens with one attached hydrogen (secondary N) is 2. The summed E-state index contributed by atoms with van der Waals surface area (Å²) in [6, 6.07) is 14.7. The van der Waals surface area contributed by atoms with Crippen LogP contribution < -0.4 is 14.9 Å². The average molecular weight is 486 g/mol. The number of hydrogen-bond donors (Lipinski definition) is 2. The van der Waals surface area contributed by atoms with Crippen LogP contribution in [0.5, 0.6) is 0 Å². The van der Waals surface area contributed by atoms with Gasteiger partial charge in [0.05, 0.1) is 29.0 Å². The molecule has 0 aliphatic rings. The van der Waals surface area contributed by atoms with Gasteiger partial charge in [-0.3, -0.25) is 14.4 Å². The highest BCUT2D eigenvalue weighted by Gasteiger charge is 2.23. The van der Waals surface area contributed by atoms with E-state index in [0.29, 0.717) is 11.4 Å². The summed E-state index contributed by atoms with van der Waals surface area (Å²) in [5, 5.41) is 4.42. The lowest BCUT2D eigenvalue weighted by Gasteiger charge is -2.20. The number of aryl methyl sites for hydroxylation is 1. The number of rotatable bonds is 8. The summed E-state index contributed by atoms with van der Waals surface area (Å²) < 4.78 is 37.0. The Bertz CT molecular complexity index is 1270. The summed E-state index contributed by atoms with van der Waals surface area (Å²) in [5.41, 5.74) is 1.38. The van der Waals surface area contributed by atoms with Crippen molar-refractivity contribution in [2.75, 3.05) is 18.0 Å². The Kier molecular flexibility index (Phi) is 7.69. The lowest BCUT2D eigenvalue weighted by Crippen LogP contribution is -2.41. The van der Waals surface area contributed by atoms with Gasteiger partial charge in [-0.1, -0.05) is 23.8 Å². The van der Waals surface area contributed by atoms with Gasteiger partial charge in [0.15, 0.2) is 6.61 Å². The first-order valence-electron chi connectivity index (χ1n) is 10.1. The SMILES string of the molecule is Cc1ccc(N(C)S(=O)(=O)c2cccc(C(=O)OCC(=O)NC(=O)NCc3ccco3)c2)cc1. The van der Waals surface area contributed by atoms with Crippen molar-refractivity contribution in [2.45, 2.75) is 18.4 Å². The number of anilines is 1. The van der Waals surface area contributed by atoms with Gasteiger partial charge in [0.25, 0.3) is 15.9 Å². The van der Waals surface area contributed by atoms with E-state index in [1.54, 1.807) is 36.4 Å². The number of furan rings is 1. The second-order valence-electron chi connectivity index (χ2n) is 7.22. The lowest BCUT2D eigenvalue weighted by molar-refractivity contribution is -0.123. The number of esters is 1. The second kappa shape index (κ2) is 10.7. The molecular formula is C23H23N3O7S. The molecule has 0 atom stereocenters. The van der Waals surface area contributed by atoms with Crippen molar-refractivity contribution in [3.05, 3.63) is 83.8 Å². The molecule has 3 rings (SSSR count). The van der Waals surface area contributed by atoms with Crippen LogP contribution in [0.1, 0.15) is 21.7 Å². The summed E-state index contributed by atoms with van der Waals surface area (Å²) in [4.78, 5) is 35.8. The van der Waals surface area contributed by atoms with Crippen LogP contribution in [-0.2, 0) is 26.1 Å².